The van der Waals surface area contributed by atoms with Gasteiger partial charge in [-0.1, -0.05) is 35.9 Å². The molecule has 9 atom stereocenters. The molecule has 5 unspecified atom stereocenters. The average Bonchev–Trinajstić information content (AvgIpc) is 3.34. The van der Waals surface area contributed by atoms with Crippen molar-refractivity contribution in [2.45, 2.75) is 62.2 Å². The Balaban J connectivity index is 1.63. The number of Topliss-reactive ketones (excluding diaryl/α,β-unsaturated/α-hetero) is 1. The van der Waals surface area contributed by atoms with Crippen LogP contribution < -0.4 is 0 Å². The largest absolute Gasteiger partial charge is 0.389 e. The Labute approximate surface area is 172 Å². The molecule has 5 aliphatic rings. The summed E-state index contributed by atoms with van der Waals surface area (Å²) in [6.45, 7) is 5.66. The molecule has 0 bridgehead atoms. The standard InChI is InChI=1S/C22H26BrFO4/c1-11-6-13-14-8-16(24)15-7-12(26)4-5-19(15,2)22(14)18(28-22)9-20(13,3)21(11,23)17(27)10-25/h4-5,7,11,13-14,16,18,25H,6,8-10H2,1-3H3/t11?,13?,14?,16?,18?,19-,20-,21-,22+/m0/s1. The number of aliphatic hydroxyl groups is 1. The van der Waals surface area contributed by atoms with Gasteiger partial charge in [-0.3, -0.25) is 9.59 Å². The van der Waals surface area contributed by atoms with Gasteiger partial charge in [-0.15, -0.1) is 0 Å². The molecule has 1 saturated heterocycles. The summed E-state index contributed by atoms with van der Waals surface area (Å²) in [6, 6.07) is 0. The van der Waals surface area contributed by atoms with E-state index < -0.39 is 33.5 Å². The maximum atomic E-state index is 15.4. The van der Waals surface area contributed by atoms with Crippen LogP contribution in [0.25, 0.3) is 0 Å². The summed E-state index contributed by atoms with van der Waals surface area (Å²) in [7, 11) is 0. The van der Waals surface area contributed by atoms with Crippen LogP contribution in [0, 0.1) is 28.6 Å². The molecular weight excluding hydrogens is 427 g/mol. The van der Waals surface area contributed by atoms with Gasteiger partial charge in [-0.05, 0) is 67.1 Å². The Hall–Kier alpha value is -0.850. The lowest BCUT2D eigenvalue weighted by molar-refractivity contribution is -0.129. The van der Waals surface area contributed by atoms with Gasteiger partial charge in [0.25, 0.3) is 0 Å². The second-order valence-electron chi connectivity index (χ2n) is 9.90. The Morgan fingerprint density at radius 1 is 1.36 bits per heavy atom. The summed E-state index contributed by atoms with van der Waals surface area (Å²) in [5, 5.41) is 9.63. The van der Waals surface area contributed by atoms with Crippen molar-refractivity contribution in [3.63, 3.8) is 0 Å². The molecular formula is C22H26BrFO4. The van der Waals surface area contributed by atoms with Gasteiger partial charge in [0, 0.05) is 5.41 Å². The quantitative estimate of drug-likeness (QED) is 0.515. The van der Waals surface area contributed by atoms with Crippen LogP contribution in [0.5, 0.6) is 0 Å². The molecule has 1 spiro atoms. The highest BCUT2D eigenvalue weighted by Gasteiger charge is 2.82. The van der Waals surface area contributed by atoms with E-state index in [1.54, 1.807) is 6.08 Å². The summed E-state index contributed by atoms with van der Waals surface area (Å²) in [4.78, 5) is 24.7. The van der Waals surface area contributed by atoms with E-state index in [1.165, 1.54) is 6.08 Å². The molecule has 0 aromatic heterocycles. The lowest BCUT2D eigenvalue weighted by Gasteiger charge is -2.56. The van der Waals surface area contributed by atoms with E-state index in [9.17, 15) is 14.7 Å². The van der Waals surface area contributed by atoms with Gasteiger partial charge in [0.2, 0.25) is 0 Å². The second-order valence-corrected chi connectivity index (χ2v) is 11.2. The van der Waals surface area contributed by atoms with E-state index in [0.29, 0.717) is 18.4 Å². The molecule has 4 nitrogen and oxygen atoms in total. The zero-order valence-corrected chi connectivity index (χ0v) is 18.0. The maximum Gasteiger partial charge on any atom is 0.178 e. The third kappa shape index (κ3) is 1.85. The summed E-state index contributed by atoms with van der Waals surface area (Å²) < 4.78 is 20.9. The van der Waals surface area contributed by atoms with E-state index in [4.69, 9.17) is 4.74 Å². The zero-order valence-electron chi connectivity index (χ0n) is 16.4. The number of halogens is 2. The van der Waals surface area contributed by atoms with Crippen molar-refractivity contribution < 1.29 is 23.8 Å². The molecule has 5 rings (SSSR count). The molecule has 4 fully saturated rings. The van der Waals surface area contributed by atoms with Crippen LogP contribution in [0.3, 0.4) is 0 Å². The first-order chi connectivity index (χ1) is 13.1. The van der Waals surface area contributed by atoms with Crippen LogP contribution >= 0.6 is 15.9 Å². The zero-order chi connectivity index (χ0) is 20.3. The maximum absolute atomic E-state index is 15.4. The predicted molar refractivity (Wildman–Crippen MR) is 105 cm³/mol. The van der Waals surface area contributed by atoms with Crippen molar-refractivity contribution in [3.05, 3.63) is 23.8 Å². The number of hydrogen-bond acceptors (Lipinski definition) is 4. The van der Waals surface area contributed by atoms with Gasteiger partial charge in [0.15, 0.2) is 11.6 Å². The number of carbonyl (C=O) groups excluding carboxylic acids is 2. The molecule has 4 aliphatic carbocycles. The first kappa shape index (κ1) is 19.1. The molecule has 28 heavy (non-hydrogen) atoms. The summed E-state index contributed by atoms with van der Waals surface area (Å²) >= 11 is 3.77. The monoisotopic (exact) mass is 452 g/mol. The number of ether oxygens (including phenoxy) is 1. The smallest absolute Gasteiger partial charge is 0.178 e. The number of rotatable bonds is 2. The van der Waals surface area contributed by atoms with E-state index >= 15 is 4.39 Å². The molecule has 1 N–H and O–H groups in total. The van der Waals surface area contributed by atoms with E-state index in [0.717, 1.165) is 6.42 Å². The normalized spacial score (nSPS) is 56.3. The number of fused-ring (bicyclic) bond motifs is 3. The van der Waals surface area contributed by atoms with Crippen LogP contribution in [0.1, 0.15) is 40.0 Å². The molecule has 152 valence electrons. The molecule has 0 aromatic carbocycles. The van der Waals surface area contributed by atoms with E-state index in [-0.39, 0.29) is 35.4 Å². The first-order valence-corrected chi connectivity index (χ1v) is 11.0. The molecule has 0 amide bonds. The molecule has 0 radical (unpaired) electrons. The van der Waals surface area contributed by atoms with Gasteiger partial charge in [-0.25, -0.2) is 4.39 Å². The van der Waals surface area contributed by atoms with Crippen molar-refractivity contribution in [1.82, 2.24) is 0 Å². The van der Waals surface area contributed by atoms with Crippen LogP contribution in [0.4, 0.5) is 4.39 Å². The Morgan fingerprint density at radius 3 is 2.75 bits per heavy atom. The van der Waals surface area contributed by atoms with Gasteiger partial charge in [0.1, 0.15) is 18.4 Å². The van der Waals surface area contributed by atoms with Crippen molar-refractivity contribution in [2.75, 3.05) is 6.61 Å². The van der Waals surface area contributed by atoms with Gasteiger partial charge >= 0.3 is 0 Å². The van der Waals surface area contributed by atoms with Gasteiger partial charge in [0.05, 0.1) is 10.4 Å². The number of hydrogen-bond donors (Lipinski definition) is 1. The number of ketones is 2. The van der Waals surface area contributed by atoms with Crippen LogP contribution in [0.15, 0.2) is 23.8 Å². The van der Waals surface area contributed by atoms with Gasteiger partial charge < -0.3 is 9.84 Å². The Morgan fingerprint density at radius 2 is 2.07 bits per heavy atom. The second kappa shape index (κ2) is 5.44. The highest BCUT2D eigenvalue weighted by atomic mass is 79.9. The summed E-state index contributed by atoms with van der Waals surface area (Å²) in [5.74, 6) is -0.229. The minimum atomic E-state index is -1.18. The molecule has 1 aliphatic heterocycles. The molecule has 1 heterocycles. The highest BCUT2D eigenvalue weighted by Crippen LogP contribution is 2.77. The third-order valence-corrected chi connectivity index (χ3v) is 11.1. The number of carbonyl (C=O) groups is 2. The lowest BCUT2D eigenvalue weighted by Crippen LogP contribution is -2.61. The fraction of sp³-hybridized carbons (Fsp3) is 0.727. The first-order valence-electron chi connectivity index (χ1n) is 10.2. The minimum absolute atomic E-state index is 0.0281. The van der Waals surface area contributed by atoms with Crippen molar-refractivity contribution in [1.29, 1.82) is 0 Å². The summed E-state index contributed by atoms with van der Waals surface area (Å²) in [5.41, 5.74) is -0.988. The van der Waals surface area contributed by atoms with E-state index in [2.05, 4.69) is 22.9 Å². The Kier molecular flexibility index (Phi) is 3.72. The van der Waals surface area contributed by atoms with Gasteiger partial charge in [-0.2, -0.15) is 0 Å². The summed E-state index contributed by atoms with van der Waals surface area (Å²) in [6.07, 6.45) is 5.40. The van der Waals surface area contributed by atoms with Crippen LogP contribution in [-0.4, -0.2) is 45.5 Å². The molecule has 3 saturated carbocycles. The highest BCUT2D eigenvalue weighted by molar-refractivity contribution is 9.10. The number of alkyl halides is 2. The van der Waals surface area contributed by atoms with Crippen molar-refractivity contribution >= 4 is 27.5 Å². The minimum Gasteiger partial charge on any atom is -0.389 e. The van der Waals surface area contributed by atoms with E-state index in [1.807, 2.05) is 19.9 Å². The lowest BCUT2D eigenvalue weighted by atomic mass is 9.47. The predicted octanol–water partition coefficient (Wildman–Crippen LogP) is 3.31. The fourth-order valence-electron chi connectivity index (χ4n) is 7.66. The fourth-order valence-corrected chi connectivity index (χ4v) is 8.42. The molecule has 0 aromatic rings. The topological polar surface area (TPSA) is 66.9 Å². The van der Waals surface area contributed by atoms with Crippen molar-refractivity contribution in [2.24, 2.45) is 28.6 Å². The number of aliphatic hydroxyl groups excluding tert-OH is 1. The SMILES string of the molecule is CC1CC2C3CC(F)C4=CC(=O)C=C[C@]4(C)[C@@]34OC4C[C@]2(C)[C@@]1(Br)C(=O)CO. The van der Waals surface area contributed by atoms with Crippen LogP contribution in [0.2, 0.25) is 0 Å². The van der Waals surface area contributed by atoms with Crippen LogP contribution in [-0.2, 0) is 14.3 Å². The number of epoxide rings is 1. The number of allylic oxidation sites excluding steroid dienone is 2. The Bertz CT molecular complexity index is 853. The average molecular weight is 453 g/mol. The molecule has 6 heteroatoms. The third-order valence-electron chi connectivity index (χ3n) is 8.98. The van der Waals surface area contributed by atoms with Crippen molar-refractivity contribution in [3.8, 4) is 0 Å².